The van der Waals surface area contributed by atoms with E-state index in [-0.39, 0.29) is 0 Å². The van der Waals surface area contributed by atoms with Crippen molar-refractivity contribution < 1.29 is 0 Å². The first-order chi connectivity index (χ1) is 6.45. The van der Waals surface area contributed by atoms with E-state index in [1.807, 2.05) is 18.2 Å². The van der Waals surface area contributed by atoms with Crippen molar-refractivity contribution in [3.05, 3.63) is 24.4 Å². The minimum absolute atomic E-state index is 0.636. The number of hydrogen-bond donors (Lipinski definition) is 1. The first-order valence-electron chi connectivity index (χ1n) is 5.05. The van der Waals surface area contributed by atoms with Crippen molar-refractivity contribution in [2.24, 2.45) is 0 Å². The summed E-state index contributed by atoms with van der Waals surface area (Å²) >= 11 is 0. The van der Waals surface area contributed by atoms with Gasteiger partial charge in [0.05, 0.1) is 6.20 Å². The Balaban J connectivity index is 1.90. The third kappa shape index (κ3) is 2.44. The molecule has 13 heavy (non-hydrogen) atoms. The van der Waals surface area contributed by atoms with Crippen LogP contribution in [0.25, 0.3) is 0 Å². The lowest BCUT2D eigenvalue weighted by atomic mass is 9.95. The zero-order chi connectivity index (χ0) is 8.93. The number of rotatable bonds is 2. The minimum Gasteiger partial charge on any atom is -0.367 e. The number of nitrogens with one attached hydrogen (secondary N) is 1. The molecule has 1 saturated carbocycles. The average Bonchev–Trinajstić information content (AvgIpc) is 2.21. The van der Waals surface area contributed by atoms with E-state index in [0.717, 1.165) is 5.82 Å². The molecule has 1 aliphatic rings. The Morgan fingerprint density at radius 3 is 2.85 bits per heavy atom. The molecule has 0 atom stereocenters. The first kappa shape index (κ1) is 8.54. The van der Waals surface area contributed by atoms with Gasteiger partial charge in [-0.05, 0) is 25.0 Å². The molecule has 0 unspecified atom stereocenters. The highest BCUT2D eigenvalue weighted by molar-refractivity contribution is 5.34. The topological polar surface area (TPSA) is 24.9 Å². The van der Waals surface area contributed by atoms with Gasteiger partial charge in [-0.1, -0.05) is 25.3 Å². The molecule has 2 rings (SSSR count). The second kappa shape index (κ2) is 4.26. The Hall–Kier alpha value is -1.05. The molecule has 0 bridgehead atoms. The summed E-state index contributed by atoms with van der Waals surface area (Å²) < 4.78 is 0. The molecule has 1 radical (unpaired) electrons. The number of pyridine rings is 1. The van der Waals surface area contributed by atoms with Gasteiger partial charge in [0, 0.05) is 6.04 Å². The first-order valence-corrected chi connectivity index (χ1v) is 5.05. The summed E-state index contributed by atoms with van der Waals surface area (Å²) in [6.07, 6.45) is 9.52. The van der Waals surface area contributed by atoms with Crippen molar-refractivity contribution in [3.8, 4) is 0 Å². The van der Waals surface area contributed by atoms with Crippen molar-refractivity contribution in [2.75, 3.05) is 5.32 Å². The highest BCUT2D eigenvalue weighted by Gasteiger charge is 2.12. The standard InChI is InChI=1S/C11H15N2/c1-2-6-10(7-3-1)13-11-8-4-5-9-12-11/h4-5,8,10H,1-3,6-7H2,(H,12,13). The van der Waals surface area contributed by atoms with Crippen LogP contribution in [-0.4, -0.2) is 11.0 Å². The van der Waals surface area contributed by atoms with E-state index in [2.05, 4.69) is 16.5 Å². The fraction of sp³-hybridized carbons (Fsp3) is 0.545. The van der Waals surface area contributed by atoms with Gasteiger partial charge in [0.25, 0.3) is 0 Å². The molecule has 2 heteroatoms. The second-order valence-corrected chi connectivity index (χ2v) is 3.63. The van der Waals surface area contributed by atoms with E-state index in [0.29, 0.717) is 6.04 Å². The van der Waals surface area contributed by atoms with E-state index in [9.17, 15) is 0 Å². The summed E-state index contributed by atoms with van der Waals surface area (Å²) in [6.45, 7) is 0. The van der Waals surface area contributed by atoms with Gasteiger partial charge in [-0.25, -0.2) is 4.98 Å². The van der Waals surface area contributed by atoms with Crippen LogP contribution in [0.2, 0.25) is 0 Å². The number of aromatic nitrogens is 1. The van der Waals surface area contributed by atoms with Gasteiger partial charge in [-0.2, -0.15) is 0 Å². The van der Waals surface area contributed by atoms with Gasteiger partial charge in [0.1, 0.15) is 5.82 Å². The molecule has 0 amide bonds. The molecule has 1 aromatic heterocycles. The van der Waals surface area contributed by atoms with E-state index >= 15 is 0 Å². The van der Waals surface area contributed by atoms with Crippen LogP contribution in [0, 0.1) is 6.20 Å². The average molecular weight is 175 g/mol. The fourth-order valence-electron chi connectivity index (χ4n) is 1.86. The Morgan fingerprint density at radius 1 is 1.31 bits per heavy atom. The summed E-state index contributed by atoms with van der Waals surface area (Å²) in [7, 11) is 0. The van der Waals surface area contributed by atoms with Crippen LogP contribution in [-0.2, 0) is 0 Å². The summed E-state index contributed by atoms with van der Waals surface area (Å²) in [4.78, 5) is 4.14. The molecule has 0 aromatic carbocycles. The van der Waals surface area contributed by atoms with Gasteiger partial charge in [0.15, 0.2) is 0 Å². The molecule has 1 heterocycles. The molecule has 1 aromatic rings. The van der Waals surface area contributed by atoms with Gasteiger partial charge < -0.3 is 5.32 Å². The molecule has 0 saturated heterocycles. The summed E-state index contributed by atoms with van der Waals surface area (Å²) in [5.74, 6) is 0.967. The SMILES string of the molecule is [c]1cccc(NC2CCCCC2)n1. The minimum atomic E-state index is 0.636. The zero-order valence-electron chi connectivity index (χ0n) is 7.79. The normalized spacial score (nSPS) is 18.5. The molecule has 1 fully saturated rings. The highest BCUT2D eigenvalue weighted by atomic mass is 15.0. The lowest BCUT2D eigenvalue weighted by Gasteiger charge is -2.22. The predicted octanol–water partition coefficient (Wildman–Crippen LogP) is 2.63. The lowest BCUT2D eigenvalue weighted by molar-refractivity contribution is 0.462. The highest BCUT2D eigenvalue weighted by Crippen LogP contribution is 2.20. The van der Waals surface area contributed by atoms with Crippen molar-refractivity contribution >= 4 is 5.82 Å². The fourth-order valence-corrected chi connectivity index (χ4v) is 1.86. The van der Waals surface area contributed by atoms with Crippen molar-refractivity contribution in [1.82, 2.24) is 4.98 Å². The number of anilines is 1. The van der Waals surface area contributed by atoms with Crippen LogP contribution >= 0.6 is 0 Å². The van der Waals surface area contributed by atoms with Crippen LogP contribution in [0.15, 0.2) is 18.2 Å². The third-order valence-corrected chi connectivity index (χ3v) is 2.57. The second-order valence-electron chi connectivity index (χ2n) is 3.63. The van der Waals surface area contributed by atoms with Crippen LogP contribution in [0.5, 0.6) is 0 Å². The van der Waals surface area contributed by atoms with Crippen molar-refractivity contribution in [2.45, 2.75) is 38.1 Å². The maximum Gasteiger partial charge on any atom is 0.126 e. The van der Waals surface area contributed by atoms with Crippen LogP contribution in [0.4, 0.5) is 5.82 Å². The summed E-state index contributed by atoms with van der Waals surface area (Å²) in [5.41, 5.74) is 0. The molecule has 1 aliphatic carbocycles. The summed E-state index contributed by atoms with van der Waals surface area (Å²) in [6, 6.07) is 6.44. The van der Waals surface area contributed by atoms with E-state index < -0.39 is 0 Å². The third-order valence-electron chi connectivity index (χ3n) is 2.57. The Kier molecular flexibility index (Phi) is 2.80. The molecular formula is C11H15N2. The molecule has 2 nitrogen and oxygen atoms in total. The Morgan fingerprint density at radius 2 is 2.15 bits per heavy atom. The van der Waals surface area contributed by atoms with E-state index in [1.54, 1.807) is 0 Å². The van der Waals surface area contributed by atoms with Crippen LogP contribution in [0.1, 0.15) is 32.1 Å². The zero-order valence-corrected chi connectivity index (χ0v) is 7.79. The van der Waals surface area contributed by atoms with E-state index in [4.69, 9.17) is 0 Å². The van der Waals surface area contributed by atoms with Crippen LogP contribution in [0.3, 0.4) is 0 Å². The maximum atomic E-state index is 4.14. The smallest absolute Gasteiger partial charge is 0.126 e. The summed E-state index contributed by atoms with van der Waals surface area (Å²) in [5, 5.41) is 3.44. The van der Waals surface area contributed by atoms with Gasteiger partial charge >= 0.3 is 0 Å². The largest absolute Gasteiger partial charge is 0.367 e. The molecular weight excluding hydrogens is 160 g/mol. The van der Waals surface area contributed by atoms with Gasteiger partial charge in [0.2, 0.25) is 0 Å². The monoisotopic (exact) mass is 175 g/mol. The van der Waals surface area contributed by atoms with Gasteiger partial charge in [-0.15, -0.1) is 0 Å². The molecule has 1 N–H and O–H groups in total. The van der Waals surface area contributed by atoms with E-state index in [1.165, 1.54) is 32.1 Å². The van der Waals surface area contributed by atoms with Gasteiger partial charge in [-0.3, -0.25) is 0 Å². The van der Waals surface area contributed by atoms with Crippen molar-refractivity contribution in [1.29, 1.82) is 0 Å². The molecule has 0 spiro atoms. The number of hydrogen-bond acceptors (Lipinski definition) is 2. The Labute approximate surface area is 79.4 Å². The molecule has 0 aliphatic heterocycles. The van der Waals surface area contributed by atoms with Crippen molar-refractivity contribution in [3.63, 3.8) is 0 Å². The Bertz CT molecular complexity index is 240. The lowest BCUT2D eigenvalue weighted by Crippen LogP contribution is -2.22. The molecule has 69 valence electrons. The number of nitrogens with zero attached hydrogens (tertiary/aromatic N) is 1. The predicted molar refractivity (Wildman–Crippen MR) is 53.6 cm³/mol. The maximum absolute atomic E-state index is 4.14. The quantitative estimate of drug-likeness (QED) is 0.747. The van der Waals surface area contributed by atoms with Crippen LogP contribution < -0.4 is 5.32 Å².